The van der Waals surface area contributed by atoms with Crippen LogP contribution in [-0.4, -0.2) is 25.0 Å². The summed E-state index contributed by atoms with van der Waals surface area (Å²) in [5.74, 6) is 0.212. The minimum absolute atomic E-state index is 0.212. The van der Waals surface area contributed by atoms with E-state index in [1.807, 2.05) is 29.8 Å². The van der Waals surface area contributed by atoms with Gasteiger partial charge in [-0.05, 0) is 33.6 Å². The van der Waals surface area contributed by atoms with Crippen LogP contribution in [0.15, 0.2) is 51.0 Å². The van der Waals surface area contributed by atoms with Crippen LogP contribution in [0.3, 0.4) is 0 Å². The molecule has 26 heavy (non-hydrogen) atoms. The van der Waals surface area contributed by atoms with Gasteiger partial charge in [0.25, 0.3) is 0 Å². The van der Waals surface area contributed by atoms with Gasteiger partial charge in [-0.25, -0.2) is 14.6 Å². The molecule has 1 aromatic carbocycles. The summed E-state index contributed by atoms with van der Waals surface area (Å²) in [5, 5.41) is 11.5. The number of rotatable bonds is 3. The average Bonchev–Trinajstić information content (AvgIpc) is 3.35. The largest absolute Gasteiger partial charge is 0.464 e. The van der Waals surface area contributed by atoms with Crippen molar-refractivity contribution in [3.63, 3.8) is 0 Å². The van der Waals surface area contributed by atoms with E-state index < -0.39 is 0 Å². The molecule has 0 aliphatic rings. The number of hydrogen-bond acceptors (Lipinski definition) is 7. The molecule has 4 heterocycles. The van der Waals surface area contributed by atoms with Crippen LogP contribution in [0.4, 0.5) is 5.95 Å². The summed E-state index contributed by atoms with van der Waals surface area (Å²) in [6.07, 6.45) is 3.55. The smallest absolute Gasteiger partial charge is 0.221 e. The number of aromatic nitrogens is 5. The second-order valence-corrected chi connectivity index (χ2v) is 7.52. The van der Waals surface area contributed by atoms with Crippen LogP contribution in [0.2, 0.25) is 0 Å². The van der Waals surface area contributed by atoms with Crippen molar-refractivity contribution < 1.29 is 4.42 Å². The third-order valence-corrected chi connectivity index (χ3v) is 5.92. The van der Waals surface area contributed by atoms with Gasteiger partial charge in [0.15, 0.2) is 0 Å². The third kappa shape index (κ3) is 2.56. The lowest BCUT2D eigenvalue weighted by atomic mass is 10.2. The molecule has 0 saturated heterocycles. The van der Waals surface area contributed by atoms with Crippen molar-refractivity contribution >= 4 is 54.4 Å². The van der Waals surface area contributed by atoms with Crippen molar-refractivity contribution in [2.24, 2.45) is 0 Å². The van der Waals surface area contributed by atoms with E-state index in [-0.39, 0.29) is 5.95 Å². The highest BCUT2D eigenvalue weighted by atomic mass is 79.9. The first-order valence-corrected chi connectivity index (χ1v) is 9.41. The average molecular weight is 427 g/mol. The Balaban J connectivity index is 1.52. The Bertz CT molecular complexity index is 1260. The molecule has 9 heteroatoms. The standard InChI is InChI=1S/C17H11BrN6OS/c18-11-8-26-16-14(11)20-17(19)21-15(16)12-7-24(23-22-12)6-9-1-2-10-3-4-25-13(10)5-9/h1-5,7-8H,6H2,(H2,19,20,21). The zero-order valence-electron chi connectivity index (χ0n) is 13.3. The Morgan fingerprint density at radius 3 is 3.08 bits per heavy atom. The molecule has 0 unspecified atom stereocenters. The molecule has 2 N–H and O–H groups in total. The third-order valence-electron chi connectivity index (χ3n) is 4.04. The first-order valence-electron chi connectivity index (χ1n) is 7.74. The molecule has 5 rings (SSSR count). The molecule has 0 amide bonds. The monoisotopic (exact) mass is 426 g/mol. The molecule has 0 aliphatic carbocycles. The highest BCUT2D eigenvalue weighted by Gasteiger charge is 2.16. The van der Waals surface area contributed by atoms with Gasteiger partial charge in [-0.1, -0.05) is 17.3 Å². The normalized spacial score (nSPS) is 11.6. The Labute approximate surface area is 159 Å². The lowest BCUT2D eigenvalue weighted by Gasteiger charge is -2.01. The molecule has 4 aromatic heterocycles. The van der Waals surface area contributed by atoms with Crippen LogP contribution >= 0.6 is 27.3 Å². The lowest BCUT2D eigenvalue weighted by molar-refractivity contribution is 0.612. The van der Waals surface area contributed by atoms with E-state index in [4.69, 9.17) is 10.2 Å². The van der Waals surface area contributed by atoms with E-state index >= 15 is 0 Å². The van der Waals surface area contributed by atoms with E-state index in [0.29, 0.717) is 17.9 Å². The maximum Gasteiger partial charge on any atom is 0.221 e. The second kappa shape index (κ2) is 5.89. The number of thiophene rings is 1. The van der Waals surface area contributed by atoms with Gasteiger partial charge in [-0.3, -0.25) is 0 Å². The molecular formula is C17H11BrN6OS. The summed E-state index contributed by atoms with van der Waals surface area (Å²) in [7, 11) is 0. The molecular weight excluding hydrogens is 416 g/mol. The number of nitrogen functional groups attached to an aromatic ring is 1. The summed E-state index contributed by atoms with van der Waals surface area (Å²) in [6, 6.07) is 8.03. The number of furan rings is 1. The summed E-state index contributed by atoms with van der Waals surface area (Å²) < 4.78 is 9.05. The predicted octanol–water partition coefficient (Wildman–Crippen LogP) is 4.09. The van der Waals surface area contributed by atoms with Gasteiger partial charge in [0.1, 0.15) is 22.5 Å². The van der Waals surface area contributed by atoms with Crippen molar-refractivity contribution in [3.8, 4) is 11.4 Å². The number of nitrogens with zero attached hydrogens (tertiary/aromatic N) is 5. The minimum Gasteiger partial charge on any atom is -0.464 e. The Morgan fingerprint density at radius 1 is 1.23 bits per heavy atom. The number of fused-ring (bicyclic) bond motifs is 2. The summed E-state index contributed by atoms with van der Waals surface area (Å²) in [6.45, 7) is 0.585. The van der Waals surface area contributed by atoms with Crippen molar-refractivity contribution in [1.82, 2.24) is 25.0 Å². The summed E-state index contributed by atoms with van der Waals surface area (Å²) >= 11 is 5.03. The Kier molecular flexibility index (Phi) is 3.50. The van der Waals surface area contributed by atoms with E-state index in [0.717, 1.165) is 31.2 Å². The molecule has 0 spiro atoms. The predicted molar refractivity (Wildman–Crippen MR) is 104 cm³/mol. The Morgan fingerprint density at radius 2 is 2.15 bits per heavy atom. The quantitative estimate of drug-likeness (QED) is 0.466. The molecule has 7 nitrogen and oxygen atoms in total. The van der Waals surface area contributed by atoms with Crippen molar-refractivity contribution in [2.45, 2.75) is 6.54 Å². The number of anilines is 1. The van der Waals surface area contributed by atoms with Crippen molar-refractivity contribution in [3.05, 3.63) is 52.1 Å². The Hall–Kier alpha value is -2.78. The van der Waals surface area contributed by atoms with Crippen LogP contribution in [0.25, 0.3) is 32.6 Å². The van der Waals surface area contributed by atoms with Crippen LogP contribution in [0.1, 0.15) is 5.56 Å². The zero-order valence-corrected chi connectivity index (χ0v) is 15.7. The van der Waals surface area contributed by atoms with Crippen LogP contribution in [0.5, 0.6) is 0 Å². The summed E-state index contributed by atoms with van der Waals surface area (Å²) in [4.78, 5) is 8.65. The van der Waals surface area contributed by atoms with Gasteiger partial charge < -0.3 is 10.2 Å². The molecule has 0 aliphatic heterocycles. The zero-order chi connectivity index (χ0) is 17.7. The number of hydrogen-bond donors (Lipinski definition) is 1. The van der Waals surface area contributed by atoms with Gasteiger partial charge in [-0.2, -0.15) is 0 Å². The fourth-order valence-electron chi connectivity index (χ4n) is 2.85. The molecule has 0 radical (unpaired) electrons. The van der Waals surface area contributed by atoms with E-state index in [1.54, 1.807) is 22.3 Å². The van der Waals surface area contributed by atoms with Crippen molar-refractivity contribution in [1.29, 1.82) is 0 Å². The molecule has 0 saturated carbocycles. The van der Waals surface area contributed by atoms with Crippen molar-refractivity contribution in [2.75, 3.05) is 5.73 Å². The minimum atomic E-state index is 0.212. The number of nitrogens with two attached hydrogens (primary N) is 1. The van der Waals surface area contributed by atoms with Gasteiger partial charge >= 0.3 is 0 Å². The fraction of sp³-hybridized carbons (Fsp3) is 0.0588. The van der Waals surface area contributed by atoms with E-state index in [9.17, 15) is 0 Å². The molecule has 128 valence electrons. The highest BCUT2D eigenvalue weighted by molar-refractivity contribution is 9.10. The highest BCUT2D eigenvalue weighted by Crippen LogP contribution is 2.35. The van der Waals surface area contributed by atoms with Crippen LogP contribution in [0, 0.1) is 0 Å². The van der Waals surface area contributed by atoms with Crippen LogP contribution in [-0.2, 0) is 6.54 Å². The van der Waals surface area contributed by atoms with Gasteiger partial charge in [0.2, 0.25) is 5.95 Å². The van der Waals surface area contributed by atoms with Gasteiger partial charge in [-0.15, -0.1) is 16.4 Å². The van der Waals surface area contributed by atoms with Crippen LogP contribution < -0.4 is 5.73 Å². The summed E-state index contributed by atoms with van der Waals surface area (Å²) in [5.41, 5.74) is 9.94. The second-order valence-electron chi connectivity index (χ2n) is 5.79. The first kappa shape index (κ1) is 15.5. The fourth-order valence-corrected chi connectivity index (χ4v) is 4.41. The van der Waals surface area contributed by atoms with Gasteiger partial charge in [0, 0.05) is 10.8 Å². The first-order chi connectivity index (χ1) is 12.7. The maximum absolute atomic E-state index is 5.86. The van der Waals surface area contributed by atoms with E-state index in [2.05, 4.69) is 42.3 Å². The maximum atomic E-state index is 5.86. The number of halogens is 1. The van der Waals surface area contributed by atoms with E-state index in [1.165, 1.54) is 0 Å². The molecule has 0 atom stereocenters. The topological polar surface area (TPSA) is 95.7 Å². The molecule has 5 aromatic rings. The number of benzene rings is 1. The lowest BCUT2D eigenvalue weighted by Crippen LogP contribution is -2.00. The molecule has 0 fully saturated rings. The SMILES string of the molecule is Nc1nc(-c2cn(Cc3ccc4ccoc4c3)nn2)c2scc(Br)c2n1. The molecule has 0 bridgehead atoms. The van der Waals surface area contributed by atoms with Gasteiger partial charge in [0.05, 0.1) is 28.2 Å².